The van der Waals surface area contributed by atoms with Crippen molar-refractivity contribution < 1.29 is 12.6 Å². The van der Waals surface area contributed by atoms with Gasteiger partial charge in [0.05, 0.1) is 21.9 Å². The average Bonchev–Trinajstić information content (AvgIpc) is 2.75. The first-order chi connectivity index (χ1) is 9.81. The molecule has 3 rings (SSSR count). The van der Waals surface area contributed by atoms with E-state index in [1.54, 1.807) is 6.20 Å². The Balaban J connectivity index is 1.84. The van der Waals surface area contributed by atoms with Crippen LogP contribution in [0.4, 0.5) is 5.82 Å². The Morgan fingerprint density at radius 1 is 1.48 bits per heavy atom. The molecule has 0 aromatic carbocycles. The predicted molar refractivity (Wildman–Crippen MR) is 85.3 cm³/mol. The van der Waals surface area contributed by atoms with Gasteiger partial charge in [0, 0.05) is 23.7 Å². The second-order valence-electron chi connectivity index (χ2n) is 5.78. The summed E-state index contributed by atoms with van der Waals surface area (Å²) in [7, 11) is -3.40. The maximum absolute atomic E-state index is 11.2. The summed E-state index contributed by atoms with van der Waals surface area (Å²) < 4.78 is 28.4. The van der Waals surface area contributed by atoms with E-state index in [1.807, 2.05) is 0 Å². The van der Waals surface area contributed by atoms with Crippen LogP contribution in [0.2, 0.25) is 5.02 Å². The molecule has 1 N–H and O–H groups in total. The van der Waals surface area contributed by atoms with Crippen molar-refractivity contribution in [3.63, 3.8) is 0 Å². The van der Waals surface area contributed by atoms with Gasteiger partial charge in [-0.15, -0.1) is 0 Å². The molecular formula is C13H16BrClN2O3S. The highest BCUT2D eigenvalue weighted by Gasteiger charge is 2.45. The molecule has 1 aliphatic carbocycles. The van der Waals surface area contributed by atoms with Crippen molar-refractivity contribution in [2.24, 2.45) is 0 Å². The average molecular weight is 396 g/mol. The second-order valence-corrected chi connectivity index (χ2v) is 8.61. The van der Waals surface area contributed by atoms with Gasteiger partial charge < -0.3 is 5.32 Å². The Hall–Kier alpha value is -0.370. The quantitative estimate of drug-likeness (QED) is 0.779. The lowest BCUT2D eigenvalue weighted by Crippen LogP contribution is -2.37. The molecule has 116 valence electrons. The molecule has 0 amide bonds. The number of nitrogens with zero attached hydrogens (tertiary/aromatic N) is 1. The number of nitrogens with one attached hydrogen (secondary N) is 1. The molecule has 21 heavy (non-hydrogen) atoms. The summed E-state index contributed by atoms with van der Waals surface area (Å²) in [5.74, 6) is 0.839. The largest absolute Gasteiger partial charge is 0.369 e. The van der Waals surface area contributed by atoms with Gasteiger partial charge in [0.15, 0.2) is 0 Å². The highest BCUT2D eigenvalue weighted by atomic mass is 79.9. The Morgan fingerprint density at radius 2 is 2.14 bits per heavy atom. The number of hydrogen-bond donors (Lipinski definition) is 1. The van der Waals surface area contributed by atoms with Gasteiger partial charge in [0.1, 0.15) is 5.82 Å². The number of hydrogen-bond acceptors (Lipinski definition) is 5. The van der Waals surface area contributed by atoms with E-state index < -0.39 is 10.1 Å². The van der Waals surface area contributed by atoms with Gasteiger partial charge in [-0.05, 0) is 41.6 Å². The van der Waals surface area contributed by atoms with Crippen molar-refractivity contribution in [1.82, 2.24) is 4.98 Å². The molecule has 1 aromatic rings. The molecule has 1 fully saturated rings. The molecule has 2 heterocycles. The molecular weight excluding hydrogens is 380 g/mol. The van der Waals surface area contributed by atoms with E-state index in [0.29, 0.717) is 17.9 Å². The number of rotatable bonds is 2. The maximum atomic E-state index is 11.2. The highest BCUT2D eigenvalue weighted by Crippen LogP contribution is 2.50. The molecule has 0 radical (unpaired) electrons. The summed E-state index contributed by atoms with van der Waals surface area (Å²) in [6.45, 7) is 0.789. The smallest absolute Gasteiger partial charge is 0.264 e. The first-order valence-corrected chi connectivity index (χ1v) is 9.76. The van der Waals surface area contributed by atoms with Gasteiger partial charge in [-0.3, -0.25) is 4.18 Å². The lowest BCUT2D eigenvalue weighted by molar-refractivity contribution is 0.129. The van der Waals surface area contributed by atoms with Crippen LogP contribution in [-0.2, 0) is 19.7 Å². The minimum atomic E-state index is -3.40. The first kappa shape index (κ1) is 15.5. The third-order valence-electron chi connectivity index (χ3n) is 4.30. The van der Waals surface area contributed by atoms with Gasteiger partial charge in [-0.1, -0.05) is 11.6 Å². The number of pyridine rings is 1. The van der Waals surface area contributed by atoms with Gasteiger partial charge in [0.25, 0.3) is 10.1 Å². The van der Waals surface area contributed by atoms with E-state index in [1.165, 1.54) is 0 Å². The number of halogens is 2. The molecule has 1 spiro atoms. The van der Waals surface area contributed by atoms with Crippen molar-refractivity contribution >= 4 is 43.5 Å². The van der Waals surface area contributed by atoms with E-state index >= 15 is 0 Å². The lowest BCUT2D eigenvalue weighted by Gasteiger charge is -2.36. The third-order valence-corrected chi connectivity index (χ3v) is 6.14. The molecule has 8 heteroatoms. The van der Waals surface area contributed by atoms with E-state index in [9.17, 15) is 8.42 Å². The van der Waals surface area contributed by atoms with E-state index in [2.05, 4.69) is 26.2 Å². The van der Waals surface area contributed by atoms with Crippen LogP contribution < -0.4 is 5.32 Å². The van der Waals surface area contributed by atoms with Gasteiger partial charge in [-0.2, -0.15) is 8.42 Å². The molecule has 2 aliphatic rings. The van der Waals surface area contributed by atoms with Crippen molar-refractivity contribution in [2.75, 3.05) is 18.1 Å². The fourth-order valence-electron chi connectivity index (χ4n) is 3.34. The fourth-order valence-corrected chi connectivity index (χ4v) is 4.67. The van der Waals surface area contributed by atoms with Crippen LogP contribution in [0.25, 0.3) is 0 Å². The van der Waals surface area contributed by atoms with Crippen molar-refractivity contribution in [2.45, 2.75) is 37.2 Å². The normalized spacial score (nSPS) is 28.4. The van der Waals surface area contributed by atoms with Crippen LogP contribution in [0.3, 0.4) is 0 Å². The van der Waals surface area contributed by atoms with Crippen LogP contribution in [0, 0.1) is 0 Å². The van der Waals surface area contributed by atoms with Crippen molar-refractivity contribution in [3.05, 3.63) is 21.3 Å². The van der Waals surface area contributed by atoms with Crippen LogP contribution >= 0.6 is 27.5 Å². The van der Waals surface area contributed by atoms with Crippen molar-refractivity contribution in [3.8, 4) is 0 Å². The van der Waals surface area contributed by atoms with Crippen LogP contribution in [-0.4, -0.2) is 32.3 Å². The van der Waals surface area contributed by atoms with Gasteiger partial charge in [-0.25, -0.2) is 4.98 Å². The van der Waals surface area contributed by atoms with E-state index in [0.717, 1.165) is 41.5 Å². The van der Waals surface area contributed by atoms with Crippen molar-refractivity contribution in [1.29, 1.82) is 0 Å². The highest BCUT2D eigenvalue weighted by molar-refractivity contribution is 9.10. The Labute approximate surface area is 137 Å². The zero-order valence-corrected chi connectivity index (χ0v) is 14.7. The summed E-state index contributed by atoms with van der Waals surface area (Å²) in [5.41, 5.74) is 0.983. The number of anilines is 1. The monoisotopic (exact) mass is 394 g/mol. The standard InChI is InChI=1S/C13H16BrClN2O3S/c1-21(18,19)20-8-2-4-13(5-3-8)7-17-12-10(13)11(15)9(14)6-16-12/h6,8H,2-5,7H2,1H3,(H,16,17)/t8-,13+. The molecule has 0 atom stereocenters. The molecule has 0 unspecified atom stereocenters. The molecule has 0 saturated heterocycles. The molecule has 1 saturated carbocycles. The topological polar surface area (TPSA) is 68.3 Å². The summed E-state index contributed by atoms with van der Waals surface area (Å²) in [6, 6.07) is 0. The lowest BCUT2D eigenvalue weighted by atomic mass is 9.70. The molecule has 5 nitrogen and oxygen atoms in total. The van der Waals surface area contributed by atoms with Crippen LogP contribution in [0.5, 0.6) is 0 Å². The summed E-state index contributed by atoms with van der Waals surface area (Å²) in [6.07, 6.45) is 5.66. The second kappa shape index (κ2) is 5.37. The third kappa shape index (κ3) is 2.93. The number of fused-ring (bicyclic) bond motifs is 2. The zero-order valence-electron chi connectivity index (χ0n) is 11.5. The van der Waals surface area contributed by atoms with Crippen LogP contribution in [0.15, 0.2) is 10.7 Å². The summed E-state index contributed by atoms with van der Waals surface area (Å²) >= 11 is 9.87. The Morgan fingerprint density at radius 3 is 2.76 bits per heavy atom. The van der Waals surface area contributed by atoms with E-state index in [4.69, 9.17) is 15.8 Å². The summed E-state index contributed by atoms with van der Waals surface area (Å²) in [4.78, 5) is 4.38. The zero-order chi connectivity index (χ0) is 15.3. The minimum absolute atomic E-state index is 0.0689. The SMILES string of the molecule is CS(=O)(=O)O[C@H]1CC[C@@]2(CC1)CNc1ncc(Br)c(Cl)c12. The van der Waals surface area contributed by atoms with Crippen LogP contribution in [0.1, 0.15) is 31.2 Å². The number of aromatic nitrogens is 1. The fraction of sp³-hybridized carbons (Fsp3) is 0.615. The summed E-state index contributed by atoms with van der Waals surface area (Å²) in [5, 5.41) is 4.02. The first-order valence-electron chi connectivity index (χ1n) is 6.77. The maximum Gasteiger partial charge on any atom is 0.264 e. The predicted octanol–water partition coefficient (Wildman–Crippen LogP) is 3.08. The Bertz CT molecular complexity index is 672. The van der Waals surface area contributed by atoms with Gasteiger partial charge in [0.2, 0.25) is 0 Å². The molecule has 0 bridgehead atoms. The molecule has 1 aliphatic heterocycles. The Kier molecular flexibility index (Phi) is 3.97. The van der Waals surface area contributed by atoms with E-state index in [-0.39, 0.29) is 11.5 Å². The molecule has 1 aromatic heterocycles. The van der Waals surface area contributed by atoms with Gasteiger partial charge >= 0.3 is 0 Å². The minimum Gasteiger partial charge on any atom is -0.369 e.